The van der Waals surface area contributed by atoms with Crippen LogP contribution >= 0.6 is 23.2 Å². The lowest BCUT2D eigenvalue weighted by Crippen LogP contribution is -2.50. The fourth-order valence-electron chi connectivity index (χ4n) is 2.91. The summed E-state index contributed by atoms with van der Waals surface area (Å²) >= 11 is 12.4. The summed E-state index contributed by atoms with van der Waals surface area (Å²) in [4.78, 5) is 27.8. The van der Waals surface area contributed by atoms with Crippen LogP contribution in [0.1, 0.15) is 17.3 Å². The van der Waals surface area contributed by atoms with Gasteiger partial charge in [-0.15, -0.1) is 0 Å². The first-order chi connectivity index (χ1) is 12.5. The van der Waals surface area contributed by atoms with Crippen LogP contribution in [0.3, 0.4) is 0 Å². The molecular formula is C19H19Cl2N3O2. The summed E-state index contributed by atoms with van der Waals surface area (Å²) in [5, 5.41) is 3.91. The number of Topliss-reactive ketones (excluding diaryl/α,β-unsaturated/α-hetero) is 1. The van der Waals surface area contributed by atoms with Gasteiger partial charge < -0.3 is 15.1 Å². The van der Waals surface area contributed by atoms with Crippen LogP contribution in [0, 0.1) is 0 Å². The smallest absolute Gasteiger partial charge is 0.321 e. The van der Waals surface area contributed by atoms with Gasteiger partial charge in [-0.3, -0.25) is 4.79 Å². The summed E-state index contributed by atoms with van der Waals surface area (Å²) in [6, 6.07) is 12.3. The topological polar surface area (TPSA) is 52.7 Å². The average Bonchev–Trinajstić information content (AvgIpc) is 2.64. The van der Waals surface area contributed by atoms with Gasteiger partial charge in [0.15, 0.2) is 5.78 Å². The summed E-state index contributed by atoms with van der Waals surface area (Å²) in [6.45, 7) is 3.98. The third-order valence-electron chi connectivity index (χ3n) is 4.36. The normalized spacial score (nSPS) is 14.3. The molecule has 2 aromatic carbocycles. The van der Waals surface area contributed by atoms with Crippen molar-refractivity contribution in [1.82, 2.24) is 4.90 Å². The highest BCUT2D eigenvalue weighted by Crippen LogP contribution is 2.32. The number of halogens is 2. The molecular weight excluding hydrogens is 373 g/mol. The van der Waals surface area contributed by atoms with E-state index in [9.17, 15) is 9.59 Å². The minimum absolute atomic E-state index is 0.0342. The van der Waals surface area contributed by atoms with Crippen molar-refractivity contribution in [3.63, 3.8) is 0 Å². The van der Waals surface area contributed by atoms with E-state index < -0.39 is 0 Å². The van der Waals surface area contributed by atoms with Crippen LogP contribution in [-0.2, 0) is 0 Å². The van der Waals surface area contributed by atoms with E-state index in [0.29, 0.717) is 47.5 Å². The van der Waals surface area contributed by atoms with Crippen molar-refractivity contribution in [2.75, 3.05) is 36.4 Å². The largest absolute Gasteiger partial charge is 0.367 e. The van der Waals surface area contributed by atoms with Crippen LogP contribution < -0.4 is 10.2 Å². The second-order valence-electron chi connectivity index (χ2n) is 6.11. The minimum atomic E-state index is -0.178. The fraction of sp³-hybridized carbons (Fsp3) is 0.263. The van der Waals surface area contributed by atoms with Crippen molar-refractivity contribution in [1.29, 1.82) is 0 Å². The Kier molecular flexibility index (Phi) is 5.69. The van der Waals surface area contributed by atoms with Crippen molar-refractivity contribution in [2.45, 2.75) is 6.92 Å². The van der Waals surface area contributed by atoms with E-state index in [4.69, 9.17) is 23.2 Å². The number of carbonyl (C=O) groups is 2. The van der Waals surface area contributed by atoms with Crippen molar-refractivity contribution in [3.8, 4) is 0 Å². The molecule has 1 heterocycles. The maximum atomic E-state index is 12.5. The Labute approximate surface area is 162 Å². The number of carbonyl (C=O) groups excluding carboxylic acids is 2. The number of amides is 2. The molecule has 26 heavy (non-hydrogen) atoms. The molecule has 0 aliphatic carbocycles. The molecule has 136 valence electrons. The molecule has 0 bridgehead atoms. The molecule has 0 aromatic heterocycles. The van der Waals surface area contributed by atoms with E-state index >= 15 is 0 Å². The molecule has 0 spiro atoms. The molecule has 0 saturated carbocycles. The predicted molar refractivity (Wildman–Crippen MR) is 106 cm³/mol. The SMILES string of the molecule is CC(=O)c1cccc(NC(=O)N2CCN(c3cccc(Cl)c3Cl)CC2)c1. The number of rotatable bonds is 3. The molecule has 2 amide bonds. The lowest BCUT2D eigenvalue weighted by Gasteiger charge is -2.36. The van der Waals surface area contributed by atoms with E-state index in [2.05, 4.69) is 10.2 Å². The van der Waals surface area contributed by atoms with Crippen LogP contribution in [0.15, 0.2) is 42.5 Å². The van der Waals surface area contributed by atoms with Gasteiger partial charge in [0.05, 0.1) is 15.7 Å². The minimum Gasteiger partial charge on any atom is -0.367 e. The zero-order valence-corrected chi connectivity index (χ0v) is 15.8. The molecule has 5 nitrogen and oxygen atoms in total. The molecule has 1 saturated heterocycles. The molecule has 1 N–H and O–H groups in total. The number of nitrogens with one attached hydrogen (secondary N) is 1. The van der Waals surface area contributed by atoms with Crippen molar-refractivity contribution in [2.24, 2.45) is 0 Å². The molecule has 0 radical (unpaired) electrons. The van der Waals surface area contributed by atoms with Gasteiger partial charge in [-0.25, -0.2) is 4.79 Å². The summed E-state index contributed by atoms with van der Waals surface area (Å²) in [7, 11) is 0. The van der Waals surface area contributed by atoms with Gasteiger partial charge >= 0.3 is 6.03 Å². The summed E-state index contributed by atoms with van der Waals surface area (Å²) in [6.07, 6.45) is 0. The number of piperazine rings is 1. The first-order valence-electron chi connectivity index (χ1n) is 8.31. The second kappa shape index (κ2) is 7.98. The van der Waals surface area contributed by atoms with Crippen LogP contribution in [0.4, 0.5) is 16.2 Å². The van der Waals surface area contributed by atoms with Crippen LogP contribution in [0.25, 0.3) is 0 Å². The number of nitrogens with zero attached hydrogens (tertiary/aromatic N) is 2. The Hall–Kier alpha value is -2.24. The maximum Gasteiger partial charge on any atom is 0.321 e. The molecule has 1 aliphatic heterocycles. The first-order valence-corrected chi connectivity index (χ1v) is 9.07. The van der Waals surface area contributed by atoms with Gasteiger partial charge in [0.1, 0.15) is 0 Å². The Balaban J connectivity index is 1.61. The third kappa shape index (κ3) is 4.11. The van der Waals surface area contributed by atoms with E-state index in [-0.39, 0.29) is 11.8 Å². The Morgan fingerprint density at radius 1 is 1.00 bits per heavy atom. The molecule has 0 atom stereocenters. The number of urea groups is 1. The Morgan fingerprint density at radius 3 is 2.38 bits per heavy atom. The summed E-state index contributed by atoms with van der Waals surface area (Å²) in [5.41, 5.74) is 2.07. The van der Waals surface area contributed by atoms with Gasteiger partial charge in [-0.1, -0.05) is 41.4 Å². The van der Waals surface area contributed by atoms with Crippen molar-refractivity contribution < 1.29 is 9.59 Å². The van der Waals surface area contributed by atoms with Crippen LogP contribution in [-0.4, -0.2) is 42.9 Å². The van der Waals surface area contributed by atoms with Gasteiger partial charge in [-0.05, 0) is 31.2 Å². The van der Waals surface area contributed by atoms with Crippen LogP contribution in [0.2, 0.25) is 10.0 Å². The number of hydrogen-bond acceptors (Lipinski definition) is 3. The molecule has 2 aromatic rings. The van der Waals surface area contributed by atoms with Crippen molar-refractivity contribution in [3.05, 3.63) is 58.1 Å². The number of anilines is 2. The highest BCUT2D eigenvalue weighted by molar-refractivity contribution is 6.43. The molecule has 1 fully saturated rings. The number of ketones is 1. The second-order valence-corrected chi connectivity index (χ2v) is 6.90. The first kappa shape index (κ1) is 18.5. The highest BCUT2D eigenvalue weighted by atomic mass is 35.5. The average molecular weight is 392 g/mol. The quantitative estimate of drug-likeness (QED) is 0.780. The molecule has 7 heteroatoms. The Bertz CT molecular complexity index is 833. The van der Waals surface area contributed by atoms with E-state index in [1.165, 1.54) is 6.92 Å². The monoisotopic (exact) mass is 391 g/mol. The van der Waals surface area contributed by atoms with E-state index in [0.717, 1.165) is 5.69 Å². The van der Waals surface area contributed by atoms with E-state index in [1.807, 2.05) is 12.1 Å². The van der Waals surface area contributed by atoms with Gasteiger partial charge in [-0.2, -0.15) is 0 Å². The number of benzene rings is 2. The van der Waals surface area contributed by atoms with Gasteiger partial charge in [0.2, 0.25) is 0 Å². The van der Waals surface area contributed by atoms with E-state index in [1.54, 1.807) is 35.2 Å². The molecule has 1 aliphatic rings. The maximum absolute atomic E-state index is 12.5. The fourth-order valence-corrected chi connectivity index (χ4v) is 3.32. The number of hydrogen-bond donors (Lipinski definition) is 1. The third-order valence-corrected chi connectivity index (χ3v) is 5.17. The lowest BCUT2D eigenvalue weighted by atomic mass is 10.1. The molecule has 0 unspecified atom stereocenters. The lowest BCUT2D eigenvalue weighted by molar-refractivity contribution is 0.101. The van der Waals surface area contributed by atoms with Gasteiger partial charge in [0, 0.05) is 37.4 Å². The van der Waals surface area contributed by atoms with Crippen LogP contribution in [0.5, 0.6) is 0 Å². The zero-order valence-electron chi connectivity index (χ0n) is 14.3. The summed E-state index contributed by atoms with van der Waals surface area (Å²) in [5.74, 6) is -0.0342. The predicted octanol–water partition coefficient (Wildman–Crippen LogP) is 4.55. The molecule has 3 rings (SSSR count). The highest BCUT2D eigenvalue weighted by Gasteiger charge is 2.23. The van der Waals surface area contributed by atoms with Crippen molar-refractivity contribution >= 4 is 46.4 Å². The zero-order chi connectivity index (χ0) is 18.7. The Morgan fingerprint density at radius 2 is 1.69 bits per heavy atom. The van der Waals surface area contributed by atoms with Gasteiger partial charge in [0.25, 0.3) is 0 Å². The summed E-state index contributed by atoms with van der Waals surface area (Å²) < 4.78 is 0. The standard InChI is InChI=1S/C19H19Cl2N3O2/c1-13(25)14-4-2-5-15(12-14)22-19(26)24-10-8-23(9-11-24)17-7-3-6-16(20)18(17)21/h2-7,12H,8-11H2,1H3,(H,22,26).